The summed E-state index contributed by atoms with van der Waals surface area (Å²) >= 11 is 0. The van der Waals surface area contributed by atoms with Crippen molar-refractivity contribution in [2.24, 2.45) is 0 Å². The Bertz CT molecular complexity index is 1970. The first-order chi connectivity index (χ1) is 22.4. The van der Waals surface area contributed by atoms with Crippen molar-refractivity contribution >= 4 is 34.0 Å². The van der Waals surface area contributed by atoms with E-state index in [0.717, 1.165) is 94.7 Å². The van der Waals surface area contributed by atoms with Crippen LogP contribution in [0.2, 0.25) is 0 Å². The zero-order valence-corrected chi connectivity index (χ0v) is 25.9. The molecule has 46 heavy (non-hydrogen) atoms. The highest BCUT2D eigenvalue weighted by Crippen LogP contribution is 2.40. The van der Waals surface area contributed by atoms with Gasteiger partial charge in [-0.2, -0.15) is 5.10 Å². The molecule has 1 fully saturated rings. The second-order valence-electron chi connectivity index (χ2n) is 12.7. The van der Waals surface area contributed by atoms with E-state index in [1.807, 2.05) is 41.6 Å². The summed E-state index contributed by atoms with van der Waals surface area (Å²) in [6.07, 6.45) is 6.02. The zero-order chi connectivity index (χ0) is 31.4. The van der Waals surface area contributed by atoms with Gasteiger partial charge in [-0.1, -0.05) is 24.3 Å². The SMILES string of the molecule is Cc1c(Nc2nccc3cc(CN4CC[C@@H](O)C4)cnc23)cccc1-c1cccc2c1CCN2C(=O)c1cc2n(n1)CCCC2O. The van der Waals surface area contributed by atoms with Gasteiger partial charge in [-0.3, -0.25) is 19.4 Å². The number of hydrogen-bond donors (Lipinski definition) is 3. The second kappa shape index (κ2) is 11.6. The number of carbonyl (C=O) groups excluding carboxylic acids is 1. The molecule has 0 bridgehead atoms. The molecule has 0 aliphatic carbocycles. The quantitative estimate of drug-likeness (QED) is 0.240. The van der Waals surface area contributed by atoms with E-state index in [1.165, 1.54) is 0 Å². The highest BCUT2D eigenvalue weighted by Gasteiger charge is 2.31. The predicted molar refractivity (Wildman–Crippen MR) is 177 cm³/mol. The van der Waals surface area contributed by atoms with Crippen molar-refractivity contribution in [2.75, 3.05) is 29.9 Å². The number of likely N-dealkylation sites (tertiary alicyclic amines) is 1. The van der Waals surface area contributed by atoms with Gasteiger partial charge in [0.2, 0.25) is 0 Å². The summed E-state index contributed by atoms with van der Waals surface area (Å²) in [7, 11) is 0. The molecule has 10 nitrogen and oxygen atoms in total. The lowest BCUT2D eigenvalue weighted by atomic mass is 9.93. The molecule has 0 radical (unpaired) electrons. The smallest absolute Gasteiger partial charge is 0.278 e. The molecule has 3 aliphatic rings. The minimum atomic E-state index is -0.572. The maximum absolute atomic E-state index is 13.7. The van der Waals surface area contributed by atoms with Gasteiger partial charge in [-0.05, 0) is 90.8 Å². The first-order valence-electron chi connectivity index (χ1n) is 16.1. The number of pyridine rings is 2. The van der Waals surface area contributed by atoms with Crippen LogP contribution in [0.5, 0.6) is 0 Å². The Hall–Kier alpha value is -4.64. The van der Waals surface area contributed by atoms with Crippen molar-refractivity contribution in [3.05, 3.63) is 95.1 Å². The van der Waals surface area contributed by atoms with Crippen LogP contribution in [-0.2, 0) is 19.5 Å². The summed E-state index contributed by atoms with van der Waals surface area (Å²) < 4.78 is 1.77. The van der Waals surface area contributed by atoms with Crippen LogP contribution in [0.15, 0.2) is 67.0 Å². The number of anilines is 3. The van der Waals surface area contributed by atoms with Gasteiger partial charge in [0.1, 0.15) is 5.52 Å². The molecule has 3 aromatic heterocycles. The number of amides is 1. The van der Waals surface area contributed by atoms with Crippen LogP contribution in [0.4, 0.5) is 17.2 Å². The van der Waals surface area contributed by atoms with E-state index in [-0.39, 0.29) is 12.0 Å². The molecule has 234 valence electrons. The van der Waals surface area contributed by atoms with Crippen molar-refractivity contribution in [1.82, 2.24) is 24.6 Å². The van der Waals surface area contributed by atoms with Gasteiger partial charge in [0.15, 0.2) is 11.5 Å². The third-order valence-electron chi connectivity index (χ3n) is 9.68. The number of nitrogens with zero attached hydrogens (tertiary/aromatic N) is 6. The van der Waals surface area contributed by atoms with Gasteiger partial charge >= 0.3 is 0 Å². The molecule has 2 atom stereocenters. The van der Waals surface area contributed by atoms with Crippen molar-refractivity contribution in [3.8, 4) is 11.1 Å². The van der Waals surface area contributed by atoms with Gasteiger partial charge in [0.25, 0.3) is 5.91 Å². The van der Waals surface area contributed by atoms with Gasteiger partial charge in [-0.25, -0.2) is 4.98 Å². The van der Waals surface area contributed by atoms with Crippen LogP contribution in [0.1, 0.15) is 58.2 Å². The topological polar surface area (TPSA) is 120 Å². The average Bonchev–Trinajstić information content (AvgIpc) is 3.81. The summed E-state index contributed by atoms with van der Waals surface area (Å²) in [5.41, 5.74) is 9.31. The van der Waals surface area contributed by atoms with E-state index in [0.29, 0.717) is 31.0 Å². The monoisotopic (exact) mass is 615 g/mol. The van der Waals surface area contributed by atoms with Crippen molar-refractivity contribution in [1.29, 1.82) is 0 Å². The van der Waals surface area contributed by atoms with Gasteiger partial charge < -0.3 is 20.4 Å². The molecule has 1 saturated heterocycles. The first-order valence-corrected chi connectivity index (χ1v) is 16.1. The number of aliphatic hydroxyl groups is 2. The lowest BCUT2D eigenvalue weighted by molar-refractivity contribution is 0.0983. The zero-order valence-electron chi connectivity index (χ0n) is 25.9. The summed E-state index contributed by atoms with van der Waals surface area (Å²) in [5.74, 6) is 0.566. The Labute approximate surface area is 267 Å². The fourth-order valence-electron chi connectivity index (χ4n) is 7.29. The molecule has 0 saturated carbocycles. The minimum absolute atomic E-state index is 0.132. The number of benzene rings is 2. The van der Waals surface area contributed by atoms with E-state index in [1.54, 1.807) is 10.7 Å². The molecule has 8 rings (SSSR count). The predicted octanol–water partition coefficient (Wildman–Crippen LogP) is 5.14. The van der Waals surface area contributed by atoms with E-state index >= 15 is 0 Å². The van der Waals surface area contributed by atoms with Crippen LogP contribution in [0.25, 0.3) is 22.0 Å². The van der Waals surface area contributed by atoms with Crippen molar-refractivity contribution < 1.29 is 15.0 Å². The fourth-order valence-corrected chi connectivity index (χ4v) is 7.29. The van der Waals surface area contributed by atoms with Gasteiger partial charge in [0.05, 0.1) is 17.9 Å². The largest absolute Gasteiger partial charge is 0.392 e. The standard InChI is InChI=1S/C36H37N7O3/c1-22-26(27-6-3-8-31-28(27)12-16-42(31)36(46)30-18-32-33(45)9-4-14-43(32)40-30)5-2-7-29(22)39-35-34-24(10-13-37-35)17-23(19-38-34)20-41-15-11-25(44)21-41/h2-3,5-8,10,13,17-19,25,33,44-45H,4,9,11-12,14-16,20-21H2,1H3,(H,37,39)/t25-,33?/m1/s1. The first kappa shape index (κ1) is 28.8. The summed E-state index contributed by atoms with van der Waals surface area (Å²) in [6, 6.07) is 18.3. The summed E-state index contributed by atoms with van der Waals surface area (Å²) in [6.45, 7) is 5.78. The summed E-state index contributed by atoms with van der Waals surface area (Å²) in [4.78, 5) is 27.2. The van der Waals surface area contributed by atoms with Crippen LogP contribution < -0.4 is 10.2 Å². The maximum Gasteiger partial charge on any atom is 0.278 e. The number of aryl methyl sites for hydroxylation is 1. The molecule has 0 spiro atoms. The van der Waals surface area contributed by atoms with Crippen molar-refractivity contribution in [3.63, 3.8) is 0 Å². The molecular weight excluding hydrogens is 578 g/mol. The number of carbonyl (C=O) groups is 1. The minimum Gasteiger partial charge on any atom is -0.392 e. The Balaban J connectivity index is 1.06. The van der Waals surface area contributed by atoms with E-state index in [4.69, 9.17) is 4.98 Å². The Morgan fingerprint density at radius 3 is 2.72 bits per heavy atom. The normalized spacial score (nSPS) is 19.4. The number of aromatic nitrogens is 4. The third kappa shape index (κ3) is 5.12. The summed E-state index contributed by atoms with van der Waals surface area (Å²) in [5, 5.41) is 29.4. The third-order valence-corrected chi connectivity index (χ3v) is 9.68. The second-order valence-corrected chi connectivity index (χ2v) is 12.7. The van der Waals surface area contributed by atoms with Crippen LogP contribution >= 0.6 is 0 Å². The number of hydrogen-bond acceptors (Lipinski definition) is 8. The van der Waals surface area contributed by atoms with E-state index in [2.05, 4.69) is 51.5 Å². The Kier molecular flexibility index (Phi) is 7.28. The molecule has 10 heteroatoms. The number of β-amino-alcohol motifs (C(OH)–C–C–N with tert-alkyl or cyclic N) is 1. The maximum atomic E-state index is 13.7. The van der Waals surface area contributed by atoms with E-state index < -0.39 is 6.10 Å². The lowest BCUT2D eigenvalue weighted by Gasteiger charge is -2.18. The number of aliphatic hydroxyl groups excluding tert-OH is 2. The number of nitrogens with one attached hydrogen (secondary N) is 1. The number of fused-ring (bicyclic) bond motifs is 3. The van der Waals surface area contributed by atoms with E-state index in [9.17, 15) is 15.0 Å². The van der Waals surface area contributed by atoms with Crippen LogP contribution in [-0.4, -0.2) is 66.5 Å². The van der Waals surface area contributed by atoms with Crippen LogP contribution in [0, 0.1) is 6.92 Å². The molecule has 1 unspecified atom stereocenters. The molecule has 3 aliphatic heterocycles. The lowest BCUT2D eigenvalue weighted by Crippen LogP contribution is -2.29. The fraction of sp³-hybridized carbons (Fsp3) is 0.333. The van der Waals surface area contributed by atoms with Crippen LogP contribution in [0.3, 0.4) is 0 Å². The highest BCUT2D eigenvalue weighted by molar-refractivity contribution is 6.07. The molecule has 3 N–H and O–H groups in total. The average molecular weight is 616 g/mol. The van der Waals surface area contributed by atoms with Gasteiger partial charge in [0, 0.05) is 61.9 Å². The molecule has 2 aromatic carbocycles. The van der Waals surface area contributed by atoms with Gasteiger partial charge in [-0.15, -0.1) is 0 Å². The molecule has 5 aromatic rings. The Morgan fingerprint density at radius 1 is 1.00 bits per heavy atom. The number of rotatable bonds is 6. The highest BCUT2D eigenvalue weighted by atomic mass is 16.3. The molecular formula is C36H37N7O3. The van der Waals surface area contributed by atoms with Crippen molar-refractivity contribution in [2.45, 2.75) is 57.9 Å². The molecule has 6 heterocycles. The molecule has 1 amide bonds. The Morgan fingerprint density at radius 2 is 1.87 bits per heavy atom.